The van der Waals surface area contributed by atoms with Gasteiger partial charge in [0.2, 0.25) is 0 Å². The van der Waals surface area contributed by atoms with Gasteiger partial charge >= 0.3 is 5.97 Å². The molecule has 2 aromatic rings. The lowest BCUT2D eigenvalue weighted by Crippen LogP contribution is -2.07. The van der Waals surface area contributed by atoms with Crippen LogP contribution in [0.5, 0.6) is 0 Å². The highest BCUT2D eigenvalue weighted by Crippen LogP contribution is 2.24. The average Bonchev–Trinajstić information content (AvgIpc) is 2.71. The Kier molecular flexibility index (Phi) is 3.41. The number of ether oxygens (including phenoxy) is 1. The Morgan fingerprint density at radius 2 is 2.22 bits per heavy atom. The van der Waals surface area contributed by atoms with Crippen molar-refractivity contribution in [3.63, 3.8) is 0 Å². The third-order valence-electron chi connectivity index (χ3n) is 2.50. The van der Waals surface area contributed by atoms with E-state index >= 15 is 0 Å². The van der Waals surface area contributed by atoms with Crippen molar-refractivity contribution in [3.05, 3.63) is 35.2 Å². The first-order valence-electron chi connectivity index (χ1n) is 5.70. The Labute approximate surface area is 105 Å². The van der Waals surface area contributed by atoms with E-state index in [1.165, 1.54) is 0 Å². The van der Waals surface area contributed by atoms with Crippen LogP contribution >= 0.6 is 0 Å². The van der Waals surface area contributed by atoms with Crippen molar-refractivity contribution in [1.29, 1.82) is 0 Å². The second kappa shape index (κ2) is 5.00. The maximum Gasteiger partial charge on any atom is 0.344 e. The van der Waals surface area contributed by atoms with E-state index in [4.69, 9.17) is 9.26 Å². The molecule has 0 N–H and O–H groups in total. The molecule has 2 rings (SSSR count). The lowest BCUT2D eigenvalue weighted by atomic mass is 10.1. The number of aromatic nitrogens is 2. The van der Waals surface area contributed by atoms with Crippen LogP contribution in [0.3, 0.4) is 0 Å². The number of rotatable bonds is 3. The van der Waals surface area contributed by atoms with Crippen molar-refractivity contribution in [1.82, 2.24) is 10.1 Å². The first-order chi connectivity index (χ1) is 8.63. The molecule has 0 amide bonds. The molecule has 0 spiro atoms. The molecule has 0 aliphatic heterocycles. The molecule has 18 heavy (non-hydrogen) atoms. The average molecular weight is 246 g/mol. The van der Waals surface area contributed by atoms with Crippen LogP contribution in [-0.2, 0) is 4.74 Å². The highest BCUT2D eigenvalue weighted by atomic mass is 16.5. The summed E-state index contributed by atoms with van der Waals surface area (Å²) >= 11 is 0. The van der Waals surface area contributed by atoms with Gasteiger partial charge in [0.1, 0.15) is 17.0 Å². The fraction of sp³-hybridized carbons (Fsp3) is 0.308. The van der Waals surface area contributed by atoms with E-state index in [2.05, 4.69) is 10.1 Å². The van der Waals surface area contributed by atoms with E-state index in [0.717, 1.165) is 5.56 Å². The number of hydrogen-bond donors (Lipinski definition) is 0. The Morgan fingerprint density at radius 1 is 1.44 bits per heavy atom. The third-order valence-corrected chi connectivity index (χ3v) is 2.50. The first kappa shape index (κ1) is 12.3. The van der Waals surface area contributed by atoms with Crippen molar-refractivity contribution >= 4 is 5.97 Å². The number of hydrogen-bond acceptors (Lipinski definition) is 5. The summed E-state index contributed by atoms with van der Waals surface area (Å²) in [7, 11) is 0. The Bertz CT molecular complexity index is 575. The molecule has 94 valence electrons. The maximum absolute atomic E-state index is 11.9. The number of pyridine rings is 1. The fourth-order valence-corrected chi connectivity index (χ4v) is 1.66. The molecule has 0 aliphatic rings. The number of aryl methyl sites for hydroxylation is 2. The van der Waals surface area contributed by atoms with Gasteiger partial charge in [-0.1, -0.05) is 5.16 Å². The number of carbonyl (C=O) groups excluding carboxylic acids is 1. The minimum Gasteiger partial charge on any atom is -0.462 e. The smallest absolute Gasteiger partial charge is 0.344 e. The van der Waals surface area contributed by atoms with Gasteiger partial charge in [-0.2, -0.15) is 0 Å². The molecule has 0 aliphatic carbocycles. The summed E-state index contributed by atoms with van der Waals surface area (Å²) in [4.78, 5) is 16.1. The molecule has 2 aromatic heterocycles. The van der Waals surface area contributed by atoms with Crippen LogP contribution in [-0.4, -0.2) is 22.7 Å². The van der Waals surface area contributed by atoms with E-state index in [9.17, 15) is 4.79 Å². The molecule has 5 nitrogen and oxygen atoms in total. The quantitative estimate of drug-likeness (QED) is 0.778. The molecule has 0 fully saturated rings. The minimum atomic E-state index is -0.436. The summed E-state index contributed by atoms with van der Waals surface area (Å²) in [5.41, 5.74) is 2.41. The van der Waals surface area contributed by atoms with Crippen LogP contribution in [0.25, 0.3) is 11.4 Å². The zero-order valence-corrected chi connectivity index (χ0v) is 10.6. The Hall–Kier alpha value is -2.17. The van der Waals surface area contributed by atoms with Gasteiger partial charge in [0.05, 0.1) is 12.3 Å². The second-order valence-electron chi connectivity index (χ2n) is 3.90. The number of nitrogens with zero attached hydrogens (tertiary/aromatic N) is 2. The molecule has 0 atom stereocenters. The summed E-state index contributed by atoms with van der Waals surface area (Å²) in [6.07, 6.45) is 1.67. The highest BCUT2D eigenvalue weighted by Gasteiger charge is 2.23. The van der Waals surface area contributed by atoms with Crippen LogP contribution in [0.15, 0.2) is 22.9 Å². The predicted molar refractivity (Wildman–Crippen MR) is 65.2 cm³/mol. The lowest BCUT2D eigenvalue weighted by Gasteiger charge is -2.02. The summed E-state index contributed by atoms with van der Waals surface area (Å²) in [6, 6.07) is 3.72. The van der Waals surface area contributed by atoms with Crippen molar-refractivity contribution < 1.29 is 14.1 Å². The zero-order valence-electron chi connectivity index (χ0n) is 10.6. The highest BCUT2D eigenvalue weighted by molar-refractivity contribution is 5.96. The maximum atomic E-state index is 11.9. The van der Waals surface area contributed by atoms with Gasteiger partial charge < -0.3 is 9.26 Å². The summed E-state index contributed by atoms with van der Waals surface area (Å²) < 4.78 is 10.1. The normalized spacial score (nSPS) is 10.4. The van der Waals surface area contributed by atoms with Crippen LogP contribution in [0, 0.1) is 13.8 Å². The molecule has 0 radical (unpaired) electrons. The van der Waals surface area contributed by atoms with Gasteiger partial charge in [0.25, 0.3) is 0 Å². The SMILES string of the molecule is CCOC(=O)c1c(-c2cc(C)ccn2)noc1C. The monoisotopic (exact) mass is 246 g/mol. The van der Waals surface area contributed by atoms with Gasteiger partial charge in [-0.05, 0) is 38.5 Å². The van der Waals surface area contributed by atoms with Gasteiger partial charge in [-0.25, -0.2) is 4.79 Å². The fourth-order valence-electron chi connectivity index (χ4n) is 1.66. The Morgan fingerprint density at radius 3 is 2.89 bits per heavy atom. The van der Waals surface area contributed by atoms with E-state index < -0.39 is 5.97 Å². The van der Waals surface area contributed by atoms with Crippen LogP contribution < -0.4 is 0 Å². The molecule has 0 bridgehead atoms. The molecule has 0 aromatic carbocycles. The van der Waals surface area contributed by atoms with E-state index in [-0.39, 0.29) is 0 Å². The molecular formula is C13H14N2O3. The van der Waals surface area contributed by atoms with Gasteiger partial charge in [0, 0.05) is 6.20 Å². The van der Waals surface area contributed by atoms with Crippen molar-refractivity contribution in [2.75, 3.05) is 6.61 Å². The van der Waals surface area contributed by atoms with Crippen LogP contribution in [0.4, 0.5) is 0 Å². The van der Waals surface area contributed by atoms with E-state index in [1.807, 2.05) is 19.1 Å². The van der Waals surface area contributed by atoms with Gasteiger partial charge in [-0.15, -0.1) is 0 Å². The van der Waals surface area contributed by atoms with Crippen LogP contribution in [0.2, 0.25) is 0 Å². The van der Waals surface area contributed by atoms with Crippen molar-refractivity contribution in [2.24, 2.45) is 0 Å². The van der Waals surface area contributed by atoms with Gasteiger partial charge in [0.15, 0.2) is 0 Å². The third kappa shape index (κ3) is 2.25. The Balaban J connectivity index is 2.49. The van der Waals surface area contributed by atoms with Crippen LogP contribution in [0.1, 0.15) is 28.6 Å². The number of carbonyl (C=O) groups is 1. The zero-order chi connectivity index (χ0) is 13.1. The molecule has 0 saturated heterocycles. The second-order valence-corrected chi connectivity index (χ2v) is 3.90. The summed E-state index contributed by atoms with van der Waals surface area (Å²) in [5, 5.41) is 3.89. The molecular weight excluding hydrogens is 232 g/mol. The molecule has 5 heteroatoms. The topological polar surface area (TPSA) is 65.2 Å². The lowest BCUT2D eigenvalue weighted by molar-refractivity contribution is 0.0525. The van der Waals surface area contributed by atoms with E-state index in [0.29, 0.717) is 29.3 Å². The van der Waals surface area contributed by atoms with Crippen molar-refractivity contribution in [2.45, 2.75) is 20.8 Å². The molecule has 2 heterocycles. The van der Waals surface area contributed by atoms with E-state index in [1.54, 1.807) is 20.0 Å². The standard InChI is InChI=1S/C13H14N2O3/c1-4-17-13(16)11-9(3)18-15-12(11)10-7-8(2)5-6-14-10/h5-7H,4H2,1-3H3. The molecule has 0 unspecified atom stereocenters. The number of esters is 1. The largest absolute Gasteiger partial charge is 0.462 e. The van der Waals surface area contributed by atoms with Gasteiger partial charge in [-0.3, -0.25) is 4.98 Å². The molecule has 0 saturated carbocycles. The van der Waals surface area contributed by atoms with Crippen molar-refractivity contribution in [3.8, 4) is 11.4 Å². The first-order valence-corrected chi connectivity index (χ1v) is 5.70. The summed E-state index contributed by atoms with van der Waals surface area (Å²) in [6.45, 7) is 5.69. The minimum absolute atomic E-state index is 0.310. The predicted octanol–water partition coefficient (Wildman–Crippen LogP) is 2.53. The summed E-state index contributed by atoms with van der Waals surface area (Å²) in [5.74, 6) is 0.00122.